The third kappa shape index (κ3) is 11.9. The number of carbonyl (C=O) groups excluding carboxylic acids is 1. The van der Waals surface area contributed by atoms with Gasteiger partial charge in [-0.05, 0) is 12.8 Å². The predicted octanol–water partition coefficient (Wildman–Crippen LogP) is 4.07. The second-order valence-electron chi connectivity index (χ2n) is 3.74. The number of carbonyl (C=O) groups is 1. The number of unbranched alkanes of at least 4 members (excludes halogenated alkanes) is 6. The van der Waals surface area contributed by atoms with Gasteiger partial charge in [-0.2, -0.15) is 0 Å². The normalized spacial score (nSPS) is 10.3. The largest absolute Gasteiger partial charge is 0.466 e. The first kappa shape index (κ1) is 14.9. The summed E-state index contributed by atoms with van der Waals surface area (Å²) >= 11 is 3.42. The standard InChI is InChI=1S/C12H23BrO2/c1-2-12(14)15-11-9-7-5-3-4-6-8-10-13/h2-11H2,1H3. The molecule has 0 aromatic rings. The molecule has 0 rings (SSSR count). The second kappa shape index (κ2) is 12.0. The summed E-state index contributed by atoms with van der Waals surface area (Å²) in [7, 11) is 0. The van der Waals surface area contributed by atoms with E-state index in [1.165, 1.54) is 38.5 Å². The Kier molecular flexibility index (Phi) is 12.0. The van der Waals surface area contributed by atoms with Crippen LogP contribution in [-0.2, 0) is 9.53 Å². The van der Waals surface area contributed by atoms with E-state index in [9.17, 15) is 4.79 Å². The van der Waals surface area contributed by atoms with Crippen molar-refractivity contribution in [3.63, 3.8) is 0 Å². The highest BCUT2D eigenvalue weighted by Gasteiger charge is 1.97. The van der Waals surface area contributed by atoms with Crippen LogP contribution in [0.4, 0.5) is 0 Å². The van der Waals surface area contributed by atoms with Crippen molar-refractivity contribution in [1.82, 2.24) is 0 Å². The molecular weight excluding hydrogens is 256 g/mol. The Labute approximate surface area is 102 Å². The minimum atomic E-state index is -0.0766. The van der Waals surface area contributed by atoms with Crippen LogP contribution < -0.4 is 0 Å². The zero-order valence-electron chi connectivity index (χ0n) is 9.77. The maximum Gasteiger partial charge on any atom is 0.305 e. The molecular formula is C12H23BrO2. The van der Waals surface area contributed by atoms with Gasteiger partial charge in [0.2, 0.25) is 0 Å². The molecule has 0 saturated carbocycles. The summed E-state index contributed by atoms with van der Waals surface area (Å²) in [5.41, 5.74) is 0. The number of hydrogen-bond acceptors (Lipinski definition) is 2. The summed E-state index contributed by atoms with van der Waals surface area (Å²) < 4.78 is 4.99. The first-order valence-corrected chi connectivity index (χ1v) is 7.15. The van der Waals surface area contributed by atoms with Crippen LogP contribution >= 0.6 is 15.9 Å². The number of alkyl halides is 1. The molecule has 0 amide bonds. The van der Waals surface area contributed by atoms with Crippen LogP contribution in [0.15, 0.2) is 0 Å². The van der Waals surface area contributed by atoms with Gasteiger partial charge in [0.1, 0.15) is 0 Å². The number of hydrogen-bond donors (Lipinski definition) is 0. The minimum Gasteiger partial charge on any atom is -0.466 e. The maximum absolute atomic E-state index is 10.8. The van der Waals surface area contributed by atoms with E-state index in [1.54, 1.807) is 0 Å². The second-order valence-corrected chi connectivity index (χ2v) is 4.53. The van der Waals surface area contributed by atoms with E-state index >= 15 is 0 Å². The van der Waals surface area contributed by atoms with Gasteiger partial charge in [-0.25, -0.2) is 0 Å². The first-order valence-electron chi connectivity index (χ1n) is 6.02. The smallest absolute Gasteiger partial charge is 0.305 e. The Balaban J connectivity index is 2.95. The highest BCUT2D eigenvalue weighted by molar-refractivity contribution is 9.09. The molecule has 0 aliphatic rings. The number of esters is 1. The van der Waals surface area contributed by atoms with E-state index in [4.69, 9.17) is 4.74 Å². The molecule has 2 nitrogen and oxygen atoms in total. The SMILES string of the molecule is CCC(=O)OCCCCCCCCCBr. The molecule has 15 heavy (non-hydrogen) atoms. The van der Waals surface area contributed by atoms with Crippen LogP contribution in [-0.4, -0.2) is 17.9 Å². The highest BCUT2D eigenvalue weighted by Crippen LogP contribution is 2.08. The molecule has 3 heteroatoms. The molecule has 0 aromatic carbocycles. The van der Waals surface area contributed by atoms with Crippen molar-refractivity contribution < 1.29 is 9.53 Å². The van der Waals surface area contributed by atoms with Crippen molar-refractivity contribution in [3.05, 3.63) is 0 Å². The molecule has 0 aromatic heterocycles. The van der Waals surface area contributed by atoms with Crippen LogP contribution in [0.5, 0.6) is 0 Å². The summed E-state index contributed by atoms with van der Waals surface area (Å²) in [6.07, 6.45) is 9.23. The fraction of sp³-hybridized carbons (Fsp3) is 0.917. The van der Waals surface area contributed by atoms with E-state index in [-0.39, 0.29) is 5.97 Å². The summed E-state index contributed by atoms with van der Waals surface area (Å²) in [4.78, 5) is 10.8. The maximum atomic E-state index is 10.8. The van der Waals surface area contributed by atoms with Gasteiger partial charge in [0, 0.05) is 11.8 Å². The summed E-state index contributed by atoms with van der Waals surface area (Å²) in [5.74, 6) is -0.0766. The number of halogens is 1. The molecule has 0 radical (unpaired) electrons. The molecule has 0 heterocycles. The van der Waals surface area contributed by atoms with Gasteiger partial charge in [-0.3, -0.25) is 4.79 Å². The van der Waals surface area contributed by atoms with E-state index in [2.05, 4.69) is 15.9 Å². The monoisotopic (exact) mass is 278 g/mol. The lowest BCUT2D eigenvalue weighted by molar-refractivity contribution is -0.143. The Morgan fingerprint density at radius 2 is 1.53 bits per heavy atom. The van der Waals surface area contributed by atoms with E-state index in [1.807, 2.05) is 6.92 Å². The highest BCUT2D eigenvalue weighted by atomic mass is 79.9. The first-order chi connectivity index (χ1) is 7.31. The van der Waals surface area contributed by atoms with Crippen molar-refractivity contribution in [1.29, 1.82) is 0 Å². The topological polar surface area (TPSA) is 26.3 Å². The molecule has 0 spiro atoms. The molecule has 0 aliphatic carbocycles. The lowest BCUT2D eigenvalue weighted by atomic mass is 10.1. The summed E-state index contributed by atoms with van der Waals surface area (Å²) in [5, 5.41) is 1.12. The average molecular weight is 279 g/mol. The predicted molar refractivity (Wildman–Crippen MR) is 67.4 cm³/mol. The van der Waals surface area contributed by atoms with E-state index < -0.39 is 0 Å². The molecule has 0 unspecified atom stereocenters. The Bertz CT molecular complexity index is 149. The Morgan fingerprint density at radius 1 is 1.00 bits per heavy atom. The molecule has 0 atom stereocenters. The average Bonchev–Trinajstić information content (AvgIpc) is 2.26. The van der Waals surface area contributed by atoms with Crippen LogP contribution in [0.25, 0.3) is 0 Å². The lowest BCUT2D eigenvalue weighted by Gasteiger charge is -2.03. The third-order valence-electron chi connectivity index (χ3n) is 2.33. The Morgan fingerprint density at radius 3 is 2.07 bits per heavy atom. The van der Waals surface area contributed by atoms with Gasteiger partial charge in [0.15, 0.2) is 0 Å². The van der Waals surface area contributed by atoms with E-state index in [0.717, 1.165) is 11.8 Å². The van der Waals surface area contributed by atoms with Crippen molar-refractivity contribution in [3.8, 4) is 0 Å². The third-order valence-corrected chi connectivity index (χ3v) is 2.89. The summed E-state index contributed by atoms with van der Waals surface area (Å²) in [6.45, 7) is 2.43. The molecule has 90 valence electrons. The zero-order valence-corrected chi connectivity index (χ0v) is 11.4. The van der Waals surface area contributed by atoms with Gasteiger partial charge in [-0.15, -0.1) is 0 Å². The van der Waals surface area contributed by atoms with Gasteiger partial charge >= 0.3 is 5.97 Å². The van der Waals surface area contributed by atoms with Gasteiger partial charge in [0.25, 0.3) is 0 Å². The van der Waals surface area contributed by atoms with E-state index in [0.29, 0.717) is 13.0 Å². The van der Waals surface area contributed by atoms with Gasteiger partial charge in [-0.1, -0.05) is 55.0 Å². The molecule has 0 aliphatic heterocycles. The fourth-order valence-electron chi connectivity index (χ4n) is 1.37. The van der Waals surface area contributed by atoms with Crippen LogP contribution in [0.2, 0.25) is 0 Å². The van der Waals surface area contributed by atoms with Crippen molar-refractivity contribution in [2.24, 2.45) is 0 Å². The zero-order chi connectivity index (χ0) is 11.4. The van der Waals surface area contributed by atoms with Crippen molar-refractivity contribution in [2.45, 2.75) is 58.3 Å². The van der Waals surface area contributed by atoms with Gasteiger partial charge < -0.3 is 4.74 Å². The Hall–Kier alpha value is -0.0500. The molecule has 0 N–H and O–H groups in total. The molecule has 0 bridgehead atoms. The quantitative estimate of drug-likeness (QED) is 0.342. The molecule has 0 fully saturated rings. The summed E-state index contributed by atoms with van der Waals surface area (Å²) in [6, 6.07) is 0. The lowest BCUT2D eigenvalue weighted by Crippen LogP contribution is -2.03. The van der Waals surface area contributed by atoms with Gasteiger partial charge in [0.05, 0.1) is 6.61 Å². The minimum absolute atomic E-state index is 0.0766. The molecule has 0 saturated heterocycles. The number of ether oxygens (including phenoxy) is 1. The van der Waals surface area contributed by atoms with Crippen molar-refractivity contribution >= 4 is 21.9 Å². The van der Waals surface area contributed by atoms with Crippen LogP contribution in [0, 0.1) is 0 Å². The fourth-order valence-corrected chi connectivity index (χ4v) is 1.77. The number of rotatable bonds is 10. The van der Waals surface area contributed by atoms with Crippen molar-refractivity contribution in [2.75, 3.05) is 11.9 Å². The van der Waals surface area contributed by atoms with Crippen LogP contribution in [0.1, 0.15) is 58.3 Å². The van der Waals surface area contributed by atoms with Crippen LogP contribution in [0.3, 0.4) is 0 Å².